The van der Waals surface area contributed by atoms with Crippen LogP contribution in [0.1, 0.15) is 22.3 Å². The van der Waals surface area contributed by atoms with Crippen molar-refractivity contribution in [3.05, 3.63) is 65.7 Å². The van der Waals surface area contributed by atoms with Gasteiger partial charge in [0.05, 0.1) is 18.7 Å². The standard InChI is InChI=1S/C17H13NO3/c19-13-10-16(20)18(11-13)15-9-5-4-8-14(15)17(21)12-6-2-1-3-7-12/h1-9H,10-11H2. The van der Waals surface area contributed by atoms with Crippen molar-refractivity contribution < 1.29 is 14.4 Å². The van der Waals surface area contributed by atoms with Gasteiger partial charge in [0.15, 0.2) is 11.6 Å². The van der Waals surface area contributed by atoms with Crippen molar-refractivity contribution in [1.29, 1.82) is 0 Å². The van der Waals surface area contributed by atoms with E-state index in [1.165, 1.54) is 4.90 Å². The number of hydrogen-bond donors (Lipinski definition) is 0. The number of ketones is 2. The first-order valence-corrected chi connectivity index (χ1v) is 6.67. The molecule has 1 saturated heterocycles. The van der Waals surface area contributed by atoms with Crippen LogP contribution in [-0.4, -0.2) is 24.0 Å². The van der Waals surface area contributed by atoms with Crippen LogP contribution in [0.3, 0.4) is 0 Å². The zero-order valence-corrected chi connectivity index (χ0v) is 11.3. The molecule has 0 aromatic heterocycles. The summed E-state index contributed by atoms with van der Waals surface area (Å²) in [6.45, 7) is 0.0396. The minimum atomic E-state index is -0.256. The van der Waals surface area contributed by atoms with E-state index in [9.17, 15) is 14.4 Å². The fourth-order valence-electron chi connectivity index (χ4n) is 2.45. The maximum atomic E-state index is 12.6. The molecular weight excluding hydrogens is 266 g/mol. The third-order valence-electron chi connectivity index (χ3n) is 3.46. The van der Waals surface area contributed by atoms with E-state index in [1.54, 1.807) is 48.5 Å². The van der Waals surface area contributed by atoms with Crippen LogP contribution in [0, 0.1) is 0 Å². The van der Waals surface area contributed by atoms with Gasteiger partial charge in [0.2, 0.25) is 5.91 Å². The van der Waals surface area contributed by atoms with Crippen molar-refractivity contribution in [3.8, 4) is 0 Å². The lowest BCUT2D eigenvalue weighted by Crippen LogP contribution is -2.26. The number of benzene rings is 2. The molecule has 1 aliphatic heterocycles. The van der Waals surface area contributed by atoms with E-state index in [0.29, 0.717) is 16.8 Å². The summed E-state index contributed by atoms with van der Waals surface area (Å²) in [6.07, 6.45) is -0.0894. The van der Waals surface area contributed by atoms with Crippen molar-refractivity contribution in [2.24, 2.45) is 0 Å². The Bertz CT molecular complexity index is 722. The summed E-state index contributed by atoms with van der Waals surface area (Å²) < 4.78 is 0. The van der Waals surface area contributed by atoms with Gasteiger partial charge in [-0.15, -0.1) is 0 Å². The first-order valence-electron chi connectivity index (χ1n) is 6.67. The van der Waals surface area contributed by atoms with E-state index >= 15 is 0 Å². The second kappa shape index (κ2) is 5.32. The van der Waals surface area contributed by atoms with Crippen LogP contribution in [0.25, 0.3) is 0 Å². The van der Waals surface area contributed by atoms with Gasteiger partial charge in [0.1, 0.15) is 0 Å². The molecular formula is C17H13NO3. The number of rotatable bonds is 3. The summed E-state index contributed by atoms with van der Waals surface area (Å²) in [5.41, 5.74) is 1.50. The highest BCUT2D eigenvalue weighted by molar-refractivity contribution is 6.19. The maximum absolute atomic E-state index is 12.6. The van der Waals surface area contributed by atoms with Gasteiger partial charge in [-0.2, -0.15) is 0 Å². The van der Waals surface area contributed by atoms with Crippen molar-refractivity contribution in [1.82, 2.24) is 0 Å². The normalized spacial score (nSPS) is 14.6. The SMILES string of the molecule is O=C1CC(=O)N(c2ccccc2C(=O)c2ccccc2)C1. The van der Waals surface area contributed by atoms with Gasteiger partial charge < -0.3 is 4.90 Å². The Labute approximate surface area is 122 Å². The predicted octanol–water partition coefficient (Wildman–Crippen LogP) is 2.22. The molecule has 0 atom stereocenters. The lowest BCUT2D eigenvalue weighted by atomic mass is 10.0. The molecule has 0 aliphatic carbocycles. The minimum absolute atomic E-state index is 0.0396. The molecule has 2 aromatic rings. The molecule has 1 heterocycles. The molecule has 0 bridgehead atoms. The Balaban J connectivity index is 2.03. The number of hydrogen-bond acceptors (Lipinski definition) is 3. The highest BCUT2D eigenvalue weighted by Crippen LogP contribution is 2.26. The lowest BCUT2D eigenvalue weighted by Gasteiger charge is -2.18. The fraction of sp³-hybridized carbons (Fsp3) is 0.118. The second-order valence-corrected chi connectivity index (χ2v) is 4.91. The van der Waals surface area contributed by atoms with E-state index in [2.05, 4.69) is 0 Å². The highest BCUT2D eigenvalue weighted by Gasteiger charge is 2.31. The topological polar surface area (TPSA) is 54.5 Å². The molecule has 0 N–H and O–H groups in total. The van der Waals surface area contributed by atoms with Crippen LogP contribution in [0.4, 0.5) is 5.69 Å². The summed E-state index contributed by atoms with van der Waals surface area (Å²) in [7, 11) is 0. The van der Waals surface area contributed by atoms with Gasteiger partial charge >= 0.3 is 0 Å². The summed E-state index contributed by atoms with van der Waals surface area (Å²) in [5, 5.41) is 0. The number of anilines is 1. The maximum Gasteiger partial charge on any atom is 0.234 e. The molecule has 3 rings (SSSR count). The van der Waals surface area contributed by atoms with Crippen LogP contribution in [0.2, 0.25) is 0 Å². The Morgan fingerprint density at radius 1 is 0.905 bits per heavy atom. The molecule has 4 nitrogen and oxygen atoms in total. The van der Waals surface area contributed by atoms with Crippen molar-refractivity contribution in [3.63, 3.8) is 0 Å². The Kier molecular flexibility index (Phi) is 3.36. The van der Waals surface area contributed by atoms with Gasteiger partial charge in [0.25, 0.3) is 0 Å². The molecule has 1 aliphatic rings. The average molecular weight is 279 g/mol. The largest absolute Gasteiger partial charge is 0.304 e. The van der Waals surface area contributed by atoms with Crippen LogP contribution in [0.15, 0.2) is 54.6 Å². The quantitative estimate of drug-likeness (QED) is 0.639. The number of para-hydroxylation sites is 1. The van der Waals surface area contributed by atoms with Crippen LogP contribution >= 0.6 is 0 Å². The first-order chi connectivity index (χ1) is 10.2. The van der Waals surface area contributed by atoms with Crippen molar-refractivity contribution in [2.75, 3.05) is 11.4 Å². The molecule has 21 heavy (non-hydrogen) atoms. The van der Waals surface area contributed by atoms with E-state index in [0.717, 1.165) is 0 Å². The van der Waals surface area contributed by atoms with E-state index < -0.39 is 0 Å². The third-order valence-corrected chi connectivity index (χ3v) is 3.46. The molecule has 1 fully saturated rings. The van der Waals surface area contributed by atoms with Crippen LogP contribution < -0.4 is 4.90 Å². The Morgan fingerprint density at radius 2 is 1.57 bits per heavy atom. The summed E-state index contributed by atoms with van der Waals surface area (Å²) >= 11 is 0. The monoisotopic (exact) mass is 279 g/mol. The zero-order valence-electron chi connectivity index (χ0n) is 11.3. The van der Waals surface area contributed by atoms with Crippen LogP contribution in [-0.2, 0) is 9.59 Å². The molecule has 1 amide bonds. The van der Waals surface area contributed by atoms with Gasteiger partial charge in [-0.05, 0) is 12.1 Å². The minimum Gasteiger partial charge on any atom is -0.304 e. The molecule has 0 unspecified atom stereocenters. The molecule has 2 aromatic carbocycles. The highest BCUT2D eigenvalue weighted by atomic mass is 16.2. The van der Waals surface area contributed by atoms with Gasteiger partial charge in [-0.25, -0.2) is 0 Å². The second-order valence-electron chi connectivity index (χ2n) is 4.91. The van der Waals surface area contributed by atoms with Gasteiger partial charge in [0, 0.05) is 11.1 Å². The summed E-state index contributed by atoms with van der Waals surface area (Å²) in [6, 6.07) is 15.8. The van der Waals surface area contributed by atoms with Gasteiger partial charge in [-0.3, -0.25) is 14.4 Å². The van der Waals surface area contributed by atoms with Crippen molar-refractivity contribution in [2.45, 2.75) is 6.42 Å². The molecule has 0 spiro atoms. The molecule has 104 valence electrons. The predicted molar refractivity (Wildman–Crippen MR) is 78.3 cm³/mol. The molecule has 4 heteroatoms. The van der Waals surface area contributed by atoms with E-state index in [-0.39, 0.29) is 30.4 Å². The fourth-order valence-corrected chi connectivity index (χ4v) is 2.45. The van der Waals surface area contributed by atoms with Gasteiger partial charge in [-0.1, -0.05) is 42.5 Å². The first kappa shape index (κ1) is 13.2. The number of carbonyl (C=O) groups excluding carboxylic acids is 3. The summed E-state index contributed by atoms with van der Waals surface area (Å²) in [5.74, 6) is -0.534. The Morgan fingerprint density at radius 3 is 2.24 bits per heavy atom. The third kappa shape index (κ3) is 2.48. The number of carbonyl (C=O) groups is 3. The number of Topliss-reactive ketones (excluding diaryl/α,β-unsaturated/α-hetero) is 1. The average Bonchev–Trinajstić information content (AvgIpc) is 2.86. The Hall–Kier alpha value is -2.75. The van der Waals surface area contributed by atoms with Crippen LogP contribution in [0.5, 0.6) is 0 Å². The van der Waals surface area contributed by atoms with E-state index in [1.807, 2.05) is 6.07 Å². The van der Waals surface area contributed by atoms with E-state index in [4.69, 9.17) is 0 Å². The lowest BCUT2D eigenvalue weighted by molar-refractivity contribution is -0.121. The molecule has 0 saturated carbocycles. The molecule has 0 radical (unpaired) electrons. The summed E-state index contributed by atoms with van der Waals surface area (Å²) in [4.78, 5) is 37.3. The number of nitrogens with zero attached hydrogens (tertiary/aromatic N) is 1. The number of amides is 1. The zero-order chi connectivity index (χ0) is 14.8. The smallest absolute Gasteiger partial charge is 0.234 e. The van der Waals surface area contributed by atoms with Crippen molar-refractivity contribution >= 4 is 23.2 Å².